The summed E-state index contributed by atoms with van der Waals surface area (Å²) < 4.78 is 5.17. The summed E-state index contributed by atoms with van der Waals surface area (Å²) in [5, 5.41) is 6.25. The number of carbonyl (C=O) groups is 1. The topological polar surface area (TPSA) is 63.2 Å². The molecule has 2 N–H and O–H groups in total. The second-order valence-corrected chi connectivity index (χ2v) is 6.22. The Morgan fingerprint density at radius 1 is 1.07 bits per heavy atom. The van der Waals surface area contributed by atoms with Crippen molar-refractivity contribution in [1.29, 1.82) is 0 Å². The molecule has 27 heavy (non-hydrogen) atoms. The highest BCUT2D eigenvalue weighted by Crippen LogP contribution is 2.16. The molecular formula is C22H23N3O2. The highest BCUT2D eigenvalue weighted by molar-refractivity contribution is 6.03. The van der Waals surface area contributed by atoms with E-state index in [1.807, 2.05) is 61.5 Å². The van der Waals surface area contributed by atoms with Crippen molar-refractivity contribution in [3.63, 3.8) is 0 Å². The van der Waals surface area contributed by atoms with Gasteiger partial charge in [-0.3, -0.25) is 9.78 Å². The minimum atomic E-state index is -0.219. The van der Waals surface area contributed by atoms with Gasteiger partial charge in [0.2, 0.25) is 0 Å². The third kappa shape index (κ3) is 5.07. The fraction of sp³-hybridized carbons (Fsp3) is 0.182. The molecule has 0 aliphatic carbocycles. The number of hydrogen-bond donors (Lipinski definition) is 2. The van der Waals surface area contributed by atoms with Gasteiger partial charge in [-0.1, -0.05) is 30.3 Å². The summed E-state index contributed by atoms with van der Waals surface area (Å²) in [5.74, 6) is 0.633. The first kappa shape index (κ1) is 18.5. The monoisotopic (exact) mass is 361 g/mol. The summed E-state index contributed by atoms with van der Waals surface area (Å²) in [4.78, 5) is 16.6. The van der Waals surface area contributed by atoms with Gasteiger partial charge in [0, 0.05) is 24.1 Å². The molecule has 0 saturated heterocycles. The number of rotatable bonds is 7. The number of aromatic nitrogens is 1. The van der Waals surface area contributed by atoms with Crippen molar-refractivity contribution in [2.45, 2.75) is 13.3 Å². The number of amides is 1. The Morgan fingerprint density at radius 3 is 2.59 bits per heavy atom. The quantitative estimate of drug-likeness (QED) is 0.658. The fourth-order valence-electron chi connectivity index (χ4n) is 2.71. The maximum absolute atomic E-state index is 12.5. The molecule has 0 bridgehead atoms. The molecule has 1 aromatic heterocycles. The summed E-state index contributed by atoms with van der Waals surface area (Å²) in [7, 11) is 1.66. The van der Waals surface area contributed by atoms with E-state index in [1.165, 1.54) is 5.56 Å². The van der Waals surface area contributed by atoms with Crippen molar-refractivity contribution in [3.05, 3.63) is 83.7 Å². The summed E-state index contributed by atoms with van der Waals surface area (Å²) in [6.45, 7) is 2.72. The van der Waals surface area contributed by atoms with Gasteiger partial charge < -0.3 is 15.4 Å². The predicted octanol–water partition coefficient (Wildman–Crippen LogP) is 4.31. The molecule has 2 aromatic carbocycles. The average Bonchev–Trinajstić information content (AvgIpc) is 2.70. The van der Waals surface area contributed by atoms with Crippen LogP contribution in [0.25, 0.3) is 0 Å². The second kappa shape index (κ2) is 8.85. The molecule has 0 unspecified atom stereocenters. The second-order valence-electron chi connectivity index (χ2n) is 6.22. The Morgan fingerprint density at radius 2 is 1.85 bits per heavy atom. The number of para-hydroxylation sites is 1. The molecule has 0 saturated carbocycles. The van der Waals surface area contributed by atoms with Crippen LogP contribution in [-0.4, -0.2) is 24.5 Å². The summed E-state index contributed by atoms with van der Waals surface area (Å²) >= 11 is 0. The minimum Gasteiger partial charge on any atom is -0.497 e. The molecule has 138 valence electrons. The van der Waals surface area contributed by atoms with E-state index < -0.39 is 0 Å². The van der Waals surface area contributed by atoms with E-state index in [9.17, 15) is 4.79 Å². The lowest BCUT2D eigenvalue weighted by molar-refractivity contribution is 0.102. The largest absolute Gasteiger partial charge is 0.497 e. The molecule has 0 aliphatic rings. The average molecular weight is 361 g/mol. The van der Waals surface area contributed by atoms with Crippen LogP contribution < -0.4 is 15.4 Å². The molecule has 0 aliphatic heterocycles. The normalized spacial score (nSPS) is 10.3. The SMILES string of the molecule is COc1ccc(CCNc2ccnc(C(=O)Nc3ccccc3C)c2)cc1. The Balaban J connectivity index is 1.58. The number of benzene rings is 2. The van der Waals surface area contributed by atoms with E-state index in [4.69, 9.17) is 4.74 Å². The number of nitrogens with zero attached hydrogens (tertiary/aromatic N) is 1. The number of carbonyl (C=O) groups excluding carboxylic acids is 1. The first-order valence-corrected chi connectivity index (χ1v) is 8.85. The van der Waals surface area contributed by atoms with Crippen LogP contribution in [0.15, 0.2) is 66.9 Å². The number of anilines is 2. The van der Waals surface area contributed by atoms with Crippen LogP contribution >= 0.6 is 0 Å². The number of aryl methyl sites for hydroxylation is 1. The molecule has 5 heteroatoms. The molecule has 1 amide bonds. The van der Waals surface area contributed by atoms with Crippen LogP contribution in [0.5, 0.6) is 5.75 Å². The molecule has 1 heterocycles. The van der Waals surface area contributed by atoms with Gasteiger partial charge in [-0.05, 0) is 54.8 Å². The third-order valence-corrected chi connectivity index (χ3v) is 4.29. The van der Waals surface area contributed by atoms with Crippen molar-refractivity contribution in [3.8, 4) is 5.75 Å². The number of hydrogen-bond acceptors (Lipinski definition) is 4. The van der Waals surface area contributed by atoms with Gasteiger partial charge >= 0.3 is 0 Å². The Kier molecular flexibility index (Phi) is 6.05. The zero-order chi connectivity index (χ0) is 19.1. The first-order valence-electron chi connectivity index (χ1n) is 8.85. The molecule has 3 rings (SSSR count). The van der Waals surface area contributed by atoms with E-state index in [0.29, 0.717) is 5.69 Å². The molecule has 0 atom stereocenters. The van der Waals surface area contributed by atoms with E-state index in [0.717, 1.165) is 35.7 Å². The Hall–Kier alpha value is -3.34. The Labute approximate surface area is 159 Å². The molecule has 5 nitrogen and oxygen atoms in total. The zero-order valence-electron chi connectivity index (χ0n) is 15.5. The van der Waals surface area contributed by atoms with E-state index in [1.54, 1.807) is 19.4 Å². The van der Waals surface area contributed by atoms with Gasteiger partial charge in [-0.15, -0.1) is 0 Å². The third-order valence-electron chi connectivity index (χ3n) is 4.29. The van der Waals surface area contributed by atoms with Crippen LogP contribution in [0, 0.1) is 6.92 Å². The zero-order valence-corrected chi connectivity index (χ0v) is 15.5. The van der Waals surface area contributed by atoms with Crippen LogP contribution in [-0.2, 0) is 6.42 Å². The lowest BCUT2D eigenvalue weighted by Gasteiger charge is -2.10. The number of pyridine rings is 1. The minimum absolute atomic E-state index is 0.219. The van der Waals surface area contributed by atoms with Gasteiger partial charge in [0.1, 0.15) is 11.4 Å². The lowest BCUT2D eigenvalue weighted by atomic mass is 10.1. The first-order chi connectivity index (χ1) is 13.2. The number of nitrogens with one attached hydrogen (secondary N) is 2. The van der Waals surface area contributed by atoms with E-state index in [2.05, 4.69) is 15.6 Å². The smallest absolute Gasteiger partial charge is 0.274 e. The predicted molar refractivity (Wildman–Crippen MR) is 109 cm³/mol. The highest BCUT2D eigenvalue weighted by atomic mass is 16.5. The van der Waals surface area contributed by atoms with Crippen molar-refractivity contribution in [2.24, 2.45) is 0 Å². The molecule has 0 fully saturated rings. The summed E-state index contributed by atoms with van der Waals surface area (Å²) in [6.07, 6.45) is 2.51. The molecule has 3 aromatic rings. The maximum Gasteiger partial charge on any atom is 0.274 e. The molecule has 0 radical (unpaired) electrons. The van der Waals surface area contributed by atoms with Crippen LogP contribution in [0.3, 0.4) is 0 Å². The molecular weight excluding hydrogens is 338 g/mol. The van der Waals surface area contributed by atoms with Gasteiger partial charge in [-0.2, -0.15) is 0 Å². The van der Waals surface area contributed by atoms with Crippen molar-refractivity contribution >= 4 is 17.3 Å². The van der Waals surface area contributed by atoms with E-state index >= 15 is 0 Å². The van der Waals surface area contributed by atoms with Gasteiger partial charge in [-0.25, -0.2) is 0 Å². The summed E-state index contributed by atoms with van der Waals surface area (Å²) in [5.41, 5.74) is 4.28. The van der Waals surface area contributed by atoms with Crippen LogP contribution in [0.4, 0.5) is 11.4 Å². The van der Waals surface area contributed by atoms with Crippen molar-refractivity contribution in [1.82, 2.24) is 4.98 Å². The van der Waals surface area contributed by atoms with Gasteiger partial charge in [0.25, 0.3) is 5.91 Å². The highest BCUT2D eigenvalue weighted by Gasteiger charge is 2.09. The van der Waals surface area contributed by atoms with Crippen molar-refractivity contribution in [2.75, 3.05) is 24.3 Å². The number of methoxy groups -OCH3 is 1. The maximum atomic E-state index is 12.5. The fourth-order valence-corrected chi connectivity index (χ4v) is 2.71. The Bertz CT molecular complexity index is 907. The van der Waals surface area contributed by atoms with Crippen LogP contribution in [0.1, 0.15) is 21.6 Å². The lowest BCUT2D eigenvalue weighted by Crippen LogP contribution is -2.15. The number of ether oxygens (including phenoxy) is 1. The van der Waals surface area contributed by atoms with E-state index in [-0.39, 0.29) is 5.91 Å². The van der Waals surface area contributed by atoms with Gasteiger partial charge in [0.05, 0.1) is 7.11 Å². The summed E-state index contributed by atoms with van der Waals surface area (Å²) in [6, 6.07) is 19.3. The van der Waals surface area contributed by atoms with Crippen molar-refractivity contribution < 1.29 is 9.53 Å². The standard InChI is InChI=1S/C22H23N3O2/c1-16-5-3-4-6-20(16)25-22(26)21-15-18(12-14-24-21)23-13-11-17-7-9-19(27-2)10-8-17/h3-10,12,14-15H,11,13H2,1-2H3,(H,23,24)(H,25,26). The van der Waals surface area contributed by atoms with Crippen LogP contribution in [0.2, 0.25) is 0 Å². The van der Waals surface area contributed by atoms with Gasteiger partial charge in [0.15, 0.2) is 0 Å². The molecule has 0 spiro atoms.